The number of benzene rings is 1. The molecule has 0 spiro atoms. The van der Waals surface area contributed by atoms with E-state index in [0.29, 0.717) is 13.0 Å². The highest BCUT2D eigenvalue weighted by atomic mass is 16.2. The van der Waals surface area contributed by atoms with Crippen LogP contribution in [0.15, 0.2) is 35.3 Å². The van der Waals surface area contributed by atoms with Crippen molar-refractivity contribution in [3.63, 3.8) is 0 Å². The lowest BCUT2D eigenvalue weighted by atomic mass is 10.2. The number of hydrogen-bond donors (Lipinski definition) is 2. The lowest BCUT2D eigenvalue weighted by molar-refractivity contribution is -0.128. The van der Waals surface area contributed by atoms with Crippen molar-refractivity contribution < 1.29 is 4.79 Å². The minimum absolute atomic E-state index is 0.129. The quantitative estimate of drug-likeness (QED) is 0.635. The fourth-order valence-electron chi connectivity index (χ4n) is 2.38. The van der Waals surface area contributed by atoms with E-state index in [2.05, 4.69) is 15.6 Å². The minimum Gasteiger partial charge on any atom is -0.357 e. The van der Waals surface area contributed by atoms with Gasteiger partial charge in [-0.3, -0.25) is 9.79 Å². The second kappa shape index (κ2) is 6.93. The van der Waals surface area contributed by atoms with E-state index >= 15 is 0 Å². The maximum atomic E-state index is 12.0. The Bertz CT molecular complexity index is 472. The Morgan fingerprint density at radius 2 is 2.15 bits per heavy atom. The van der Waals surface area contributed by atoms with E-state index in [-0.39, 0.29) is 11.9 Å². The molecule has 0 radical (unpaired) electrons. The number of carbonyl (C=O) groups is 1. The van der Waals surface area contributed by atoms with Crippen LogP contribution in [-0.4, -0.2) is 42.9 Å². The Hall–Kier alpha value is -2.04. The first-order chi connectivity index (χ1) is 9.72. The zero-order valence-corrected chi connectivity index (χ0v) is 12.1. The fraction of sp³-hybridized carbons (Fsp3) is 0.467. The zero-order chi connectivity index (χ0) is 14.4. The lowest BCUT2D eigenvalue weighted by Crippen LogP contribution is -2.44. The molecule has 1 aliphatic rings. The number of aliphatic imine (C=N–C) groups is 1. The van der Waals surface area contributed by atoms with E-state index < -0.39 is 0 Å². The van der Waals surface area contributed by atoms with Gasteiger partial charge in [0.1, 0.15) is 0 Å². The summed E-state index contributed by atoms with van der Waals surface area (Å²) in [6.45, 7) is 4.23. The van der Waals surface area contributed by atoms with Gasteiger partial charge in [-0.05, 0) is 12.5 Å². The number of carbonyl (C=O) groups excluding carboxylic acids is 1. The van der Waals surface area contributed by atoms with Crippen molar-refractivity contribution in [3.8, 4) is 0 Å². The van der Waals surface area contributed by atoms with Crippen LogP contribution in [0.1, 0.15) is 18.9 Å². The molecule has 1 aromatic carbocycles. The zero-order valence-electron chi connectivity index (χ0n) is 12.1. The third-order valence-corrected chi connectivity index (χ3v) is 3.34. The first kappa shape index (κ1) is 14.4. The maximum Gasteiger partial charge on any atom is 0.225 e. The van der Waals surface area contributed by atoms with E-state index in [0.717, 1.165) is 24.6 Å². The molecule has 20 heavy (non-hydrogen) atoms. The molecule has 2 N–H and O–H groups in total. The molecule has 1 fully saturated rings. The summed E-state index contributed by atoms with van der Waals surface area (Å²) in [4.78, 5) is 18.1. The number of nitrogens with one attached hydrogen (secondary N) is 2. The summed E-state index contributed by atoms with van der Waals surface area (Å²) in [5.74, 6) is 0.949. The van der Waals surface area contributed by atoms with Crippen molar-refractivity contribution in [1.29, 1.82) is 0 Å². The number of guanidine groups is 1. The highest BCUT2D eigenvalue weighted by Gasteiger charge is 2.29. The van der Waals surface area contributed by atoms with Crippen LogP contribution in [0.3, 0.4) is 0 Å². The molecule has 0 aliphatic carbocycles. The molecule has 0 saturated carbocycles. The smallest absolute Gasteiger partial charge is 0.225 e. The van der Waals surface area contributed by atoms with Crippen LogP contribution in [-0.2, 0) is 11.3 Å². The molecule has 1 aliphatic heterocycles. The molecule has 2 rings (SSSR count). The SMILES string of the molecule is CCNC(=NC)N[C@@H]1CC(=O)N(Cc2ccccc2)C1. The summed E-state index contributed by atoms with van der Waals surface area (Å²) in [5, 5.41) is 6.44. The molecular formula is C15H22N4O. The van der Waals surface area contributed by atoms with Gasteiger partial charge in [-0.1, -0.05) is 30.3 Å². The molecule has 1 heterocycles. The Morgan fingerprint density at radius 3 is 2.80 bits per heavy atom. The van der Waals surface area contributed by atoms with Crippen LogP contribution < -0.4 is 10.6 Å². The Balaban J connectivity index is 1.90. The number of hydrogen-bond acceptors (Lipinski definition) is 2. The van der Waals surface area contributed by atoms with Crippen LogP contribution in [0.4, 0.5) is 0 Å². The molecule has 0 aromatic heterocycles. The van der Waals surface area contributed by atoms with Gasteiger partial charge in [0.2, 0.25) is 5.91 Å². The van der Waals surface area contributed by atoms with Crippen molar-refractivity contribution in [2.75, 3.05) is 20.1 Å². The van der Waals surface area contributed by atoms with E-state index in [1.807, 2.05) is 42.2 Å². The Morgan fingerprint density at radius 1 is 1.40 bits per heavy atom. The number of likely N-dealkylation sites (tertiary alicyclic amines) is 1. The number of rotatable bonds is 4. The Labute approximate surface area is 120 Å². The normalized spacial score (nSPS) is 19.3. The van der Waals surface area contributed by atoms with Gasteiger partial charge in [0, 0.05) is 33.1 Å². The molecule has 5 nitrogen and oxygen atoms in total. The summed E-state index contributed by atoms with van der Waals surface area (Å²) >= 11 is 0. The molecule has 1 amide bonds. The van der Waals surface area contributed by atoms with Gasteiger partial charge >= 0.3 is 0 Å². The Kier molecular flexibility index (Phi) is 4.98. The average Bonchev–Trinajstić information content (AvgIpc) is 2.79. The highest BCUT2D eigenvalue weighted by molar-refractivity contribution is 5.83. The molecule has 0 bridgehead atoms. The lowest BCUT2D eigenvalue weighted by Gasteiger charge is -2.18. The van der Waals surface area contributed by atoms with Crippen molar-refractivity contribution in [3.05, 3.63) is 35.9 Å². The van der Waals surface area contributed by atoms with Crippen LogP contribution in [0, 0.1) is 0 Å². The van der Waals surface area contributed by atoms with Gasteiger partial charge < -0.3 is 15.5 Å². The summed E-state index contributed by atoms with van der Waals surface area (Å²) in [6, 6.07) is 10.2. The van der Waals surface area contributed by atoms with Crippen LogP contribution in [0.25, 0.3) is 0 Å². The molecule has 5 heteroatoms. The largest absolute Gasteiger partial charge is 0.357 e. The summed E-state index contributed by atoms with van der Waals surface area (Å²) in [7, 11) is 1.74. The van der Waals surface area contributed by atoms with E-state index in [4.69, 9.17) is 0 Å². The fourth-order valence-corrected chi connectivity index (χ4v) is 2.38. The van der Waals surface area contributed by atoms with Gasteiger partial charge in [-0.15, -0.1) is 0 Å². The highest BCUT2D eigenvalue weighted by Crippen LogP contribution is 2.14. The topological polar surface area (TPSA) is 56.7 Å². The molecule has 1 atom stereocenters. The first-order valence-electron chi connectivity index (χ1n) is 7.01. The number of amides is 1. The molecule has 108 valence electrons. The second-order valence-corrected chi connectivity index (χ2v) is 4.91. The summed E-state index contributed by atoms with van der Waals surface area (Å²) in [6.07, 6.45) is 0.525. The molecular weight excluding hydrogens is 252 g/mol. The van der Waals surface area contributed by atoms with Crippen LogP contribution in [0.5, 0.6) is 0 Å². The second-order valence-electron chi connectivity index (χ2n) is 4.91. The van der Waals surface area contributed by atoms with Gasteiger partial charge in [-0.25, -0.2) is 0 Å². The van der Waals surface area contributed by atoms with Crippen LogP contribution in [0.2, 0.25) is 0 Å². The monoisotopic (exact) mass is 274 g/mol. The summed E-state index contributed by atoms with van der Waals surface area (Å²) in [5.41, 5.74) is 1.16. The molecule has 0 unspecified atom stereocenters. The van der Waals surface area contributed by atoms with Gasteiger partial charge in [-0.2, -0.15) is 0 Å². The molecule has 1 saturated heterocycles. The van der Waals surface area contributed by atoms with Crippen molar-refractivity contribution >= 4 is 11.9 Å². The standard InChI is InChI=1S/C15H22N4O/c1-3-17-15(16-2)18-13-9-14(20)19(11-13)10-12-7-5-4-6-8-12/h4-8,13H,3,9-11H2,1-2H3,(H2,16,17,18)/t13-/m1/s1. The van der Waals surface area contributed by atoms with Crippen molar-refractivity contribution in [1.82, 2.24) is 15.5 Å². The summed E-state index contributed by atoms with van der Waals surface area (Å²) < 4.78 is 0. The average molecular weight is 274 g/mol. The van der Waals surface area contributed by atoms with E-state index in [9.17, 15) is 4.79 Å². The third kappa shape index (κ3) is 3.73. The van der Waals surface area contributed by atoms with Gasteiger partial charge in [0.25, 0.3) is 0 Å². The van der Waals surface area contributed by atoms with Gasteiger partial charge in [0.15, 0.2) is 5.96 Å². The number of nitrogens with zero attached hydrogens (tertiary/aromatic N) is 2. The first-order valence-corrected chi connectivity index (χ1v) is 7.01. The maximum absolute atomic E-state index is 12.0. The van der Waals surface area contributed by atoms with Crippen molar-refractivity contribution in [2.24, 2.45) is 4.99 Å². The minimum atomic E-state index is 0.129. The third-order valence-electron chi connectivity index (χ3n) is 3.34. The van der Waals surface area contributed by atoms with E-state index in [1.54, 1.807) is 7.05 Å². The van der Waals surface area contributed by atoms with E-state index in [1.165, 1.54) is 0 Å². The molecule has 1 aromatic rings. The predicted molar refractivity (Wildman–Crippen MR) is 80.4 cm³/mol. The predicted octanol–water partition coefficient (Wildman–Crippen LogP) is 0.972. The van der Waals surface area contributed by atoms with Gasteiger partial charge in [0.05, 0.1) is 6.04 Å². The van der Waals surface area contributed by atoms with Crippen molar-refractivity contribution in [2.45, 2.75) is 25.9 Å². The van der Waals surface area contributed by atoms with Crippen LogP contribution >= 0.6 is 0 Å².